The van der Waals surface area contributed by atoms with Gasteiger partial charge in [-0.05, 0) is 5.92 Å². The summed E-state index contributed by atoms with van der Waals surface area (Å²) in [6, 6.07) is 0. The Morgan fingerprint density at radius 1 is 1.36 bits per heavy atom. The number of hydrogen-bond acceptors (Lipinski definition) is 0. The van der Waals surface area contributed by atoms with Crippen molar-refractivity contribution >= 4 is 33.4 Å². The molecule has 0 nitrogen and oxygen atoms in total. The molecule has 0 aromatic heterocycles. The van der Waals surface area contributed by atoms with Crippen LogP contribution in [0.15, 0.2) is 24.3 Å². The molecule has 1 aliphatic rings. The highest BCUT2D eigenvalue weighted by Crippen LogP contribution is 2.34. The summed E-state index contributed by atoms with van der Waals surface area (Å²) >= 11 is 12.0. The Balaban J connectivity index is 2.61. The minimum atomic E-state index is -0.496. The first-order valence-electron chi connectivity index (χ1n) is 3.74. The summed E-state index contributed by atoms with van der Waals surface area (Å²) < 4.78 is -0.496. The van der Waals surface area contributed by atoms with Crippen molar-refractivity contribution in [2.45, 2.75) is 10.9 Å². The highest BCUT2D eigenvalue weighted by atomic mass is 35.5. The predicted molar refractivity (Wildman–Crippen MR) is 55.3 cm³/mol. The van der Waals surface area contributed by atoms with E-state index in [4.69, 9.17) is 23.2 Å². The Morgan fingerprint density at radius 2 is 1.82 bits per heavy atom. The van der Waals surface area contributed by atoms with Gasteiger partial charge in [-0.2, -0.15) is 0 Å². The molecule has 62 valence electrons. The Morgan fingerprint density at radius 3 is 2.18 bits per heavy atom. The molecule has 3 heteroatoms. The van der Waals surface area contributed by atoms with E-state index in [0.717, 1.165) is 10.2 Å². The third-order valence-electron chi connectivity index (χ3n) is 2.15. The fourth-order valence-corrected chi connectivity index (χ4v) is 1.80. The van der Waals surface area contributed by atoms with Gasteiger partial charge >= 0.3 is 0 Å². The van der Waals surface area contributed by atoms with Crippen LogP contribution in [-0.4, -0.2) is 14.2 Å². The molecule has 0 saturated heterocycles. The minimum absolute atomic E-state index is 0.326. The molecule has 0 saturated carbocycles. The van der Waals surface area contributed by atoms with Crippen molar-refractivity contribution in [3.8, 4) is 0 Å². The van der Waals surface area contributed by atoms with Gasteiger partial charge in [-0.3, -0.25) is 0 Å². The largest absolute Gasteiger partial charge is 0.107 e. The fourth-order valence-electron chi connectivity index (χ4n) is 1.12. The van der Waals surface area contributed by atoms with Crippen molar-refractivity contribution < 1.29 is 0 Å². The molecule has 0 aliphatic heterocycles. The van der Waals surface area contributed by atoms with E-state index in [-0.39, 0.29) is 0 Å². The third-order valence-corrected chi connectivity index (χ3v) is 3.75. The summed E-state index contributed by atoms with van der Waals surface area (Å²) in [5.74, 6) is 0.759. The molecule has 1 atom stereocenters. The molecule has 0 aromatic rings. The second-order valence-corrected chi connectivity index (χ2v) is 7.70. The monoisotopic (exact) mass is 206 g/mol. The van der Waals surface area contributed by atoms with E-state index in [1.807, 2.05) is 12.2 Å². The lowest BCUT2D eigenvalue weighted by Crippen LogP contribution is -2.28. The average molecular weight is 207 g/mol. The number of hydrogen-bond donors (Lipinski definition) is 0. The molecule has 0 amide bonds. The van der Waals surface area contributed by atoms with Gasteiger partial charge in [-0.25, -0.2) is 0 Å². The second kappa shape index (κ2) is 3.34. The zero-order chi connectivity index (χ0) is 8.48. The van der Waals surface area contributed by atoms with Crippen molar-refractivity contribution in [2.24, 2.45) is 11.8 Å². The molecule has 0 fully saturated rings. The van der Waals surface area contributed by atoms with Crippen molar-refractivity contribution in [3.63, 3.8) is 0 Å². The quantitative estimate of drug-likeness (QED) is 0.479. The Labute approximate surface area is 80.7 Å². The Bertz CT molecular complexity index is 179. The van der Waals surface area contributed by atoms with E-state index in [1.165, 1.54) is 0 Å². The number of alkyl halides is 2. The molecule has 0 radical (unpaired) electrons. The lowest BCUT2D eigenvalue weighted by Gasteiger charge is -2.26. The van der Waals surface area contributed by atoms with Gasteiger partial charge in [0.2, 0.25) is 0 Å². The van der Waals surface area contributed by atoms with Crippen molar-refractivity contribution in [2.75, 3.05) is 0 Å². The molecule has 0 spiro atoms. The Kier molecular flexibility index (Phi) is 2.84. The van der Waals surface area contributed by atoms with Crippen LogP contribution in [0.4, 0.5) is 0 Å². The maximum absolute atomic E-state index is 6.02. The van der Waals surface area contributed by atoms with Crippen LogP contribution in [0.25, 0.3) is 0 Å². The maximum Gasteiger partial charge on any atom is 0.101 e. The second-order valence-electron chi connectivity index (χ2n) is 3.09. The topological polar surface area (TPSA) is 0 Å². The van der Waals surface area contributed by atoms with Crippen LogP contribution in [-0.2, 0) is 0 Å². The van der Waals surface area contributed by atoms with Gasteiger partial charge in [0.15, 0.2) is 0 Å². The summed E-state index contributed by atoms with van der Waals surface area (Å²) in [6.45, 7) is 2.09. The molecule has 0 heterocycles. The third kappa shape index (κ3) is 2.36. The van der Waals surface area contributed by atoms with E-state index < -0.39 is 3.96 Å². The lowest BCUT2D eigenvalue weighted by atomic mass is 9.97. The first-order valence-corrected chi connectivity index (χ1v) is 5.50. The van der Waals surface area contributed by atoms with Gasteiger partial charge in [0.25, 0.3) is 0 Å². The van der Waals surface area contributed by atoms with Crippen LogP contribution in [0.3, 0.4) is 0 Å². The number of rotatable bonds is 2. The molecule has 0 N–H and O–H groups in total. The van der Waals surface area contributed by atoms with Gasteiger partial charge in [-0.15, -0.1) is 23.2 Å². The number of halogens is 2. The normalized spacial score (nSPS) is 21.4. The first-order chi connectivity index (χ1) is 5.02. The van der Waals surface area contributed by atoms with Crippen LogP contribution in [0.5, 0.6) is 0 Å². The van der Waals surface area contributed by atoms with E-state index in [1.54, 1.807) is 0 Å². The Hall–Kier alpha value is 0.277. The van der Waals surface area contributed by atoms with Gasteiger partial charge < -0.3 is 0 Å². The smallest absolute Gasteiger partial charge is 0.101 e. The summed E-state index contributed by atoms with van der Waals surface area (Å²) in [7, 11) is 0.810. The molecule has 11 heavy (non-hydrogen) atoms. The van der Waals surface area contributed by atoms with Gasteiger partial charge in [0.1, 0.15) is 3.96 Å². The van der Waals surface area contributed by atoms with Crippen molar-refractivity contribution in [3.05, 3.63) is 24.3 Å². The number of allylic oxidation sites excluding steroid dienone is 4. The molecule has 0 bridgehead atoms. The van der Waals surface area contributed by atoms with Gasteiger partial charge in [0.05, 0.1) is 0 Å². The summed E-state index contributed by atoms with van der Waals surface area (Å²) in [6.07, 6.45) is 8.37. The van der Waals surface area contributed by atoms with Crippen LogP contribution in [0, 0.1) is 11.8 Å². The molecular weight excluding hydrogens is 195 g/mol. The zero-order valence-electron chi connectivity index (χ0n) is 6.72. The maximum atomic E-state index is 6.02. The summed E-state index contributed by atoms with van der Waals surface area (Å²) in [5.41, 5.74) is 0. The van der Waals surface area contributed by atoms with Crippen LogP contribution >= 0.6 is 23.2 Å². The van der Waals surface area contributed by atoms with Gasteiger partial charge in [0, 0.05) is 16.2 Å². The first kappa shape index (κ1) is 9.37. The highest BCUT2D eigenvalue weighted by molar-refractivity contribution is 6.65. The summed E-state index contributed by atoms with van der Waals surface area (Å²) in [4.78, 5) is 0. The van der Waals surface area contributed by atoms with E-state index in [2.05, 4.69) is 19.1 Å². The molecular formula is C8H12Cl2Si. The van der Waals surface area contributed by atoms with Gasteiger partial charge in [-0.1, -0.05) is 31.2 Å². The standard InChI is InChI=1S/C8H12Cl2Si/c1-6(8(9,10)11)7-4-2-3-5-7/h2-7H,1,11H3. The van der Waals surface area contributed by atoms with E-state index >= 15 is 0 Å². The van der Waals surface area contributed by atoms with Crippen molar-refractivity contribution in [1.82, 2.24) is 0 Å². The van der Waals surface area contributed by atoms with E-state index in [0.29, 0.717) is 11.8 Å². The highest BCUT2D eigenvalue weighted by Gasteiger charge is 2.30. The van der Waals surface area contributed by atoms with E-state index in [9.17, 15) is 0 Å². The fraction of sp³-hybridized carbons (Fsp3) is 0.500. The van der Waals surface area contributed by atoms with Crippen molar-refractivity contribution in [1.29, 1.82) is 0 Å². The van der Waals surface area contributed by atoms with Crippen LogP contribution in [0.2, 0.25) is 0 Å². The molecule has 0 aromatic carbocycles. The minimum Gasteiger partial charge on any atom is -0.107 e. The lowest BCUT2D eigenvalue weighted by molar-refractivity contribution is 0.512. The molecule has 1 aliphatic carbocycles. The van der Waals surface area contributed by atoms with Crippen LogP contribution in [0.1, 0.15) is 6.92 Å². The predicted octanol–water partition coefficient (Wildman–Crippen LogP) is 1.86. The zero-order valence-corrected chi connectivity index (χ0v) is 10.2. The SMILES string of the molecule is CC(C1C=CC=C1)C([SiH3])(Cl)Cl. The van der Waals surface area contributed by atoms with Crippen LogP contribution < -0.4 is 0 Å². The average Bonchev–Trinajstić information content (AvgIpc) is 2.34. The summed E-state index contributed by atoms with van der Waals surface area (Å²) in [5, 5.41) is 0. The molecule has 1 rings (SSSR count). The molecule has 1 unspecified atom stereocenters.